The average molecular weight is 479 g/mol. The van der Waals surface area contributed by atoms with Gasteiger partial charge in [0.05, 0.1) is 50.3 Å². The summed E-state index contributed by atoms with van der Waals surface area (Å²) < 4.78 is 43.3. The van der Waals surface area contributed by atoms with E-state index < -0.39 is 17.6 Å². The van der Waals surface area contributed by atoms with E-state index in [1.807, 2.05) is 0 Å². The molecule has 0 amide bonds. The summed E-state index contributed by atoms with van der Waals surface area (Å²) in [4.78, 5) is 19.6. The number of benzene rings is 2. The van der Waals surface area contributed by atoms with E-state index in [9.17, 15) is 13.6 Å². The lowest BCUT2D eigenvalue weighted by molar-refractivity contribution is 0.0601. The highest BCUT2D eigenvalue weighted by Gasteiger charge is 2.22. The number of aromatic nitrogens is 3. The third-order valence-electron chi connectivity index (χ3n) is 5.51. The van der Waals surface area contributed by atoms with Crippen LogP contribution in [0.5, 0.6) is 5.75 Å². The van der Waals surface area contributed by atoms with E-state index in [1.54, 1.807) is 29.3 Å². The van der Waals surface area contributed by atoms with Crippen LogP contribution in [0.4, 0.5) is 8.78 Å². The van der Waals surface area contributed by atoms with Crippen molar-refractivity contribution in [1.82, 2.24) is 20.1 Å². The van der Waals surface area contributed by atoms with Gasteiger partial charge in [0.25, 0.3) is 0 Å². The fraction of sp³-hybridized carbons (Fsp3) is 0.167. The van der Waals surface area contributed by atoms with Crippen molar-refractivity contribution < 1.29 is 27.6 Å². The number of hydrazone groups is 1. The molecule has 11 heteroatoms. The van der Waals surface area contributed by atoms with E-state index in [0.717, 1.165) is 6.07 Å². The van der Waals surface area contributed by atoms with Gasteiger partial charge in [-0.2, -0.15) is 5.10 Å². The summed E-state index contributed by atoms with van der Waals surface area (Å²) in [6, 6.07) is 10.6. The molecule has 2 aromatic carbocycles. The lowest BCUT2D eigenvalue weighted by Gasteiger charge is -2.19. The highest BCUT2D eigenvalue weighted by Crippen LogP contribution is 2.29. The molecule has 1 N–H and O–H groups in total. The van der Waals surface area contributed by atoms with Gasteiger partial charge in [-0.1, -0.05) is 11.2 Å². The Balaban J connectivity index is 1.34. The number of fused-ring (bicyclic) bond motifs is 1. The van der Waals surface area contributed by atoms with E-state index >= 15 is 0 Å². The van der Waals surface area contributed by atoms with Gasteiger partial charge in [0.1, 0.15) is 23.0 Å². The Morgan fingerprint density at radius 1 is 1.17 bits per heavy atom. The van der Waals surface area contributed by atoms with E-state index in [2.05, 4.69) is 20.2 Å². The van der Waals surface area contributed by atoms with Crippen LogP contribution in [-0.4, -0.2) is 46.5 Å². The number of imidazole rings is 1. The van der Waals surface area contributed by atoms with Crippen molar-refractivity contribution in [2.45, 2.75) is 13.1 Å². The Morgan fingerprint density at radius 2 is 2.03 bits per heavy atom. The van der Waals surface area contributed by atoms with Crippen molar-refractivity contribution in [2.75, 3.05) is 14.2 Å². The van der Waals surface area contributed by atoms with Crippen molar-refractivity contribution >= 4 is 12.2 Å². The first-order chi connectivity index (χ1) is 17.0. The number of ether oxygens (including phenoxy) is 2. The zero-order valence-corrected chi connectivity index (χ0v) is 18.7. The third-order valence-corrected chi connectivity index (χ3v) is 5.51. The minimum atomic E-state index is -0.966. The first-order valence-corrected chi connectivity index (χ1v) is 10.5. The highest BCUT2D eigenvalue weighted by atomic mass is 19.2. The minimum absolute atomic E-state index is 0.0418. The van der Waals surface area contributed by atoms with Crippen LogP contribution < -0.4 is 4.74 Å². The molecule has 9 nitrogen and oxygen atoms in total. The van der Waals surface area contributed by atoms with Crippen LogP contribution in [0.1, 0.15) is 27.5 Å². The Kier molecular flexibility index (Phi) is 5.73. The maximum absolute atomic E-state index is 14.2. The highest BCUT2D eigenvalue weighted by molar-refractivity contribution is 5.97. The van der Waals surface area contributed by atoms with Crippen molar-refractivity contribution in [3.8, 4) is 28.4 Å². The van der Waals surface area contributed by atoms with Gasteiger partial charge < -0.3 is 19.0 Å². The molecule has 1 aliphatic heterocycles. The number of methoxy groups -OCH3 is 2. The number of rotatable bonds is 6. The molecule has 0 atom stereocenters. The molecule has 1 aliphatic rings. The zero-order chi connectivity index (χ0) is 24.5. The van der Waals surface area contributed by atoms with Gasteiger partial charge in [-0.05, 0) is 30.3 Å². The fourth-order valence-corrected chi connectivity index (χ4v) is 3.77. The Morgan fingerprint density at radius 3 is 2.83 bits per heavy atom. The molecule has 3 heterocycles. The second-order valence-corrected chi connectivity index (χ2v) is 7.70. The van der Waals surface area contributed by atoms with Crippen LogP contribution in [-0.2, 0) is 17.8 Å². The molecule has 178 valence electrons. The van der Waals surface area contributed by atoms with Gasteiger partial charge in [0.15, 0.2) is 17.4 Å². The van der Waals surface area contributed by atoms with Crippen LogP contribution >= 0.6 is 0 Å². The predicted molar refractivity (Wildman–Crippen MR) is 121 cm³/mol. The maximum Gasteiger partial charge on any atom is 0.338 e. The lowest BCUT2D eigenvalue weighted by atomic mass is 10.0. The van der Waals surface area contributed by atoms with Gasteiger partial charge >= 0.3 is 5.97 Å². The van der Waals surface area contributed by atoms with E-state index in [4.69, 9.17) is 14.0 Å². The summed E-state index contributed by atoms with van der Waals surface area (Å²) in [6.45, 7) is 0.608. The van der Waals surface area contributed by atoms with Crippen LogP contribution in [0, 0.1) is 11.6 Å². The number of hydrogen-bond donors (Lipinski definition) is 1. The summed E-state index contributed by atoms with van der Waals surface area (Å²) in [6.07, 6.45) is 1.53. The third kappa shape index (κ3) is 4.23. The number of carbonyl (C=O) groups is 1. The van der Waals surface area contributed by atoms with Crippen molar-refractivity contribution in [1.29, 1.82) is 0 Å². The molecule has 2 aromatic heterocycles. The van der Waals surface area contributed by atoms with Crippen molar-refractivity contribution in [2.24, 2.45) is 5.10 Å². The van der Waals surface area contributed by atoms with Crippen molar-refractivity contribution in [3.05, 3.63) is 76.8 Å². The number of H-pyrrole nitrogens is 1. The molecular formula is C24H19F2N5O4. The summed E-state index contributed by atoms with van der Waals surface area (Å²) in [5, 5.41) is 10.1. The molecule has 0 saturated carbocycles. The number of nitrogens with one attached hydrogen (secondary N) is 1. The molecule has 0 unspecified atom stereocenters. The van der Waals surface area contributed by atoms with Gasteiger partial charge in [-0.15, -0.1) is 0 Å². The van der Waals surface area contributed by atoms with Gasteiger partial charge in [-0.3, -0.25) is 5.01 Å². The number of halogens is 2. The summed E-state index contributed by atoms with van der Waals surface area (Å²) in [5.74, 6) is -1.21. The Bertz CT molecular complexity index is 1450. The van der Waals surface area contributed by atoms with E-state index in [-0.39, 0.29) is 17.9 Å². The topological polar surface area (TPSA) is 106 Å². The van der Waals surface area contributed by atoms with Crippen molar-refractivity contribution in [3.63, 3.8) is 0 Å². The summed E-state index contributed by atoms with van der Waals surface area (Å²) >= 11 is 0. The van der Waals surface area contributed by atoms with Gasteiger partial charge in [-0.25, -0.2) is 18.6 Å². The van der Waals surface area contributed by atoms with Gasteiger partial charge in [0.2, 0.25) is 0 Å². The first-order valence-electron chi connectivity index (χ1n) is 10.5. The number of esters is 1. The lowest BCUT2D eigenvalue weighted by Crippen LogP contribution is -2.21. The molecule has 0 aliphatic carbocycles. The molecule has 5 rings (SSSR count). The molecule has 0 fully saturated rings. The molecule has 35 heavy (non-hydrogen) atoms. The molecule has 4 aromatic rings. The Hall–Kier alpha value is -4.54. The SMILES string of the molecule is COC(=O)c1cc(OC)ccc1-c1cc(CN2Cc3[nH]c(-c4cccc(F)c4F)nc3C=N2)on1. The minimum Gasteiger partial charge on any atom is -0.497 e. The quantitative estimate of drug-likeness (QED) is 0.414. The second kappa shape index (κ2) is 9.01. The number of carbonyl (C=O) groups excluding carboxylic acids is 1. The second-order valence-electron chi connectivity index (χ2n) is 7.70. The maximum atomic E-state index is 14.2. The predicted octanol–water partition coefficient (Wildman–Crippen LogP) is 4.15. The molecule has 0 saturated heterocycles. The van der Waals surface area contributed by atoms with Crippen LogP contribution in [0.25, 0.3) is 22.6 Å². The molecule has 0 bridgehead atoms. The molecular weight excluding hydrogens is 460 g/mol. The Labute approximate surface area is 198 Å². The molecule has 0 spiro atoms. The summed E-state index contributed by atoms with van der Waals surface area (Å²) in [5.41, 5.74) is 2.56. The standard InChI is InChI=1S/C24H19F2N5O4/c1-33-13-6-7-15(17(8-13)24(32)34-2)19-9-14(35-30-19)11-31-12-21-20(10-27-31)28-23(29-21)16-4-3-5-18(25)22(16)26/h3-10H,11-12H2,1-2H3,(H,28,29). The van der Waals surface area contributed by atoms with Crippen LogP contribution in [0.3, 0.4) is 0 Å². The molecule has 0 radical (unpaired) electrons. The number of aromatic amines is 1. The fourth-order valence-electron chi connectivity index (χ4n) is 3.77. The number of hydrogen-bond acceptors (Lipinski definition) is 8. The van der Waals surface area contributed by atoms with E-state index in [0.29, 0.717) is 46.3 Å². The zero-order valence-electron chi connectivity index (χ0n) is 18.7. The largest absolute Gasteiger partial charge is 0.497 e. The monoisotopic (exact) mass is 479 g/mol. The normalized spacial score (nSPS) is 12.5. The van der Waals surface area contributed by atoms with Gasteiger partial charge in [0, 0.05) is 11.6 Å². The summed E-state index contributed by atoms with van der Waals surface area (Å²) in [7, 11) is 2.80. The average Bonchev–Trinajstić information content (AvgIpc) is 3.51. The van der Waals surface area contributed by atoms with Crippen LogP contribution in [0.2, 0.25) is 0 Å². The van der Waals surface area contributed by atoms with Crippen LogP contribution in [0.15, 0.2) is 52.1 Å². The first kappa shape index (κ1) is 22.3. The number of nitrogens with zero attached hydrogens (tertiary/aromatic N) is 4. The smallest absolute Gasteiger partial charge is 0.338 e. The van der Waals surface area contributed by atoms with E-state index in [1.165, 1.54) is 32.6 Å².